The summed E-state index contributed by atoms with van der Waals surface area (Å²) in [5, 5.41) is 10.4. The molecular formula is C11H15NO6S2. The van der Waals surface area contributed by atoms with Gasteiger partial charge in [-0.05, 0) is 18.4 Å². The van der Waals surface area contributed by atoms with Gasteiger partial charge in [0.25, 0.3) is 0 Å². The van der Waals surface area contributed by atoms with Crippen LogP contribution in [0.3, 0.4) is 0 Å². The van der Waals surface area contributed by atoms with Gasteiger partial charge in [-0.3, -0.25) is 4.79 Å². The van der Waals surface area contributed by atoms with E-state index in [2.05, 4.69) is 0 Å². The third-order valence-electron chi connectivity index (χ3n) is 2.40. The van der Waals surface area contributed by atoms with Crippen molar-refractivity contribution < 1.29 is 27.9 Å². The number of hydrogen-bond acceptors (Lipinski definition) is 6. The van der Waals surface area contributed by atoms with E-state index in [-0.39, 0.29) is 22.9 Å². The lowest BCUT2D eigenvalue weighted by Crippen LogP contribution is -2.36. The van der Waals surface area contributed by atoms with Gasteiger partial charge >= 0.3 is 11.9 Å². The van der Waals surface area contributed by atoms with E-state index in [0.717, 1.165) is 15.6 Å². The molecule has 0 fully saturated rings. The van der Waals surface area contributed by atoms with Crippen LogP contribution in [-0.4, -0.2) is 49.5 Å². The molecule has 1 heterocycles. The zero-order valence-electron chi connectivity index (χ0n) is 11.0. The topological polar surface area (TPSA) is 101 Å². The molecule has 1 N–H and O–H groups in total. The maximum absolute atomic E-state index is 12.4. The summed E-state index contributed by atoms with van der Waals surface area (Å²) in [6, 6.07) is 1.22. The molecular weight excluding hydrogens is 306 g/mol. The second-order valence-electron chi connectivity index (χ2n) is 3.66. The van der Waals surface area contributed by atoms with E-state index in [0.29, 0.717) is 0 Å². The number of hydrogen-bond donors (Lipinski definition) is 1. The summed E-state index contributed by atoms with van der Waals surface area (Å²) in [7, 11) is -4.03. The molecule has 0 aromatic carbocycles. The maximum atomic E-state index is 12.4. The number of sulfonamides is 1. The molecule has 112 valence electrons. The van der Waals surface area contributed by atoms with Crippen LogP contribution < -0.4 is 0 Å². The van der Waals surface area contributed by atoms with Crippen molar-refractivity contribution in [3.8, 4) is 0 Å². The molecule has 1 aromatic heterocycles. The molecule has 20 heavy (non-hydrogen) atoms. The number of carboxylic acids is 1. The lowest BCUT2D eigenvalue weighted by atomic mass is 10.5. The molecule has 9 heteroatoms. The van der Waals surface area contributed by atoms with Crippen LogP contribution in [0.4, 0.5) is 0 Å². The summed E-state index contributed by atoms with van der Waals surface area (Å²) in [5.41, 5.74) is 0. The summed E-state index contributed by atoms with van der Waals surface area (Å²) in [6.45, 7) is 2.92. The number of thiophene rings is 1. The minimum absolute atomic E-state index is 0.0378. The normalized spacial score (nSPS) is 11.6. The van der Waals surface area contributed by atoms with E-state index < -0.39 is 28.5 Å². The smallest absolute Gasteiger partial charge is 0.347 e. The molecule has 7 nitrogen and oxygen atoms in total. The Balaban J connectivity index is 3.09. The van der Waals surface area contributed by atoms with Crippen LogP contribution in [0.1, 0.15) is 23.5 Å². The van der Waals surface area contributed by atoms with Crippen LogP contribution in [0.25, 0.3) is 0 Å². The molecule has 0 saturated carbocycles. The molecule has 1 rings (SSSR count). The minimum atomic E-state index is -4.03. The molecule has 1 aromatic rings. The Kier molecular flexibility index (Phi) is 5.66. The fourth-order valence-corrected chi connectivity index (χ4v) is 4.14. The Morgan fingerprint density at radius 3 is 2.55 bits per heavy atom. The lowest BCUT2D eigenvalue weighted by molar-refractivity contribution is -0.143. The van der Waals surface area contributed by atoms with E-state index in [4.69, 9.17) is 9.84 Å². The number of carbonyl (C=O) groups is 2. The fraction of sp³-hybridized carbons (Fsp3) is 0.455. The van der Waals surface area contributed by atoms with Crippen molar-refractivity contribution in [2.24, 2.45) is 0 Å². The third-order valence-corrected chi connectivity index (χ3v) is 5.40. The van der Waals surface area contributed by atoms with Crippen LogP contribution in [0.2, 0.25) is 0 Å². The average molecular weight is 321 g/mol. The van der Waals surface area contributed by atoms with E-state index in [9.17, 15) is 18.0 Å². The first-order valence-corrected chi connectivity index (χ1v) is 8.13. The average Bonchev–Trinajstić information content (AvgIpc) is 2.86. The van der Waals surface area contributed by atoms with E-state index in [1.54, 1.807) is 13.8 Å². The van der Waals surface area contributed by atoms with Gasteiger partial charge in [-0.15, -0.1) is 11.3 Å². The van der Waals surface area contributed by atoms with Crippen molar-refractivity contribution in [3.63, 3.8) is 0 Å². The highest BCUT2D eigenvalue weighted by atomic mass is 32.2. The molecule has 0 radical (unpaired) electrons. The molecule has 0 aliphatic heterocycles. The summed E-state index contributed by atoms with van der Waals surface area (Å²) in [5.74, 6) is -1.99. The third kappa shape index (κ3) is 3.56. The van der Waals surface area contributed by atoms with Crippen LogP contribution in [0, 0.1) is 0 Å². The van der Waals surface area contributed by atoms with Crippen molar-refractivity contribution in [2.75, 3.05) is 19.7 Å². The Bertz CT molecular complexity index is 592. The highest BCUT2D eigenvalue weighted by Gasteiger charge is 2.30. The molecule has 0 aliphatic rings. The zero-order valence-corrected chi connectivity index (χ0v) is 12.7. The van der Waals surface area contributed by atoms with Gasteiger partial charge < -0.3 is 9.84 Å². The summed E-state index contributed by atoms with van der Waals surface area (Å²) in [4.78, 5) is 21.8. The van der Waals surface area contributed by atoms with Crippen molar-refractivity contribution in [1.82, 2.24) is 4.31 Å². The summed E-state index contributed by atoms with van der Waals surface area (Å²) in [6.07, 6.45) is 0. The standard InChI is InChI=1S/C11H15NO6S2/c1-3-12(7-9(13)18-4-2)20(16,17)8-5-6-19-10(8)11(14)15/h5-6H,3-4,7H2,1-2H3,(H,14,15). The van der Waals surface area contributed by atoms with Gasteiger partial charge in [0.05, 0.1) is 6.61 Å². The highest BCUT2D eigenvalue weighted by Crippen LogP contribution is 2.25. The Morgan fingerprint density at radius 1 is 1.40 bits per heavy atom. The van der Waals surface area contributed by atoms with E-state index >= 15 is 0 Å². The summed E-state index contributed by atoms with van der Waals surface area (Å²) < 4.78 is 30.3. The lowest BCUT2D eigenvalue weighted by Gasteiger charge is -2.19. The largest absolute Gasteiger partial charge is 0.477 e. The second kappa shape index (κ2) is 6.82. The first-order valence-electron chi connectivity index (χ1n) is 5.81. The molecule has 0 spiro atoms. The number of nitrogens with zero attached hydrogens (tertiary/aromatic N) is 1. The van der Waals surface area contributed by atoms with Gasteiger partial charge in [0.1, 0.15) is 16.3 Å². The van der Waals surface area contributed by atoms with Crippen molar-refractivity contribution in [3.05, 3.63) is 16.3 Å². The number of carboxylic acid groups (broad SMARTS) is 1. The van der Waals surface area contributed by atoms with Gasteiger partial charge in [0, 0.05) is 6.54 Å². The van der Waals surface area contributed by atoms with Gasteiger partial charge in [0.15, 0.2) is 0 Å². The molecule has 0 saturated heterocycles. The molecule has 0 unspecified atom stereocenters. The zero-order chi connectivity index (χ0) is 15.3. The van der Waals surface area contributed by atoms with Crippen molar-refractivity contribution >= 4 is 33.3 Å². The number of likely N-dealkylation sites (N-methyl/N-ethyl adjacent to an activating group) is 1. The molecule has 0 aliphatic carbocycles. The second-order valence-corrected chi connectivity index (χ2v) is 6.48. The first-order chi connectivity index (χ1) is 9.34. The van der Waals surface area contributed by atoms with Crippen LogP contribution in [0.15, 0.2) is 16.3 Å². The van der Waals surface area contributed by atoms with Crippen molar-refractivity contribution in [2.45, 2.75) is 18.7 Å². The molecule has 0 bridgehead atoms. The van der Waals surface area contributed by atoms with Gasteiger partial charge in [-0.25, -0.2) is 13.2 Å². The highest BCUT2D eigenvalue weighted by molar-refractivity contribution is 7.89. The quantitative estimate of drug-likeness (QED) is 0.752. The van der Waals surface area contributed by atoms with Crippen molar-refractivity contribution in [1.29, 1.82) is 0 Å². The predicted octanol–water partition coefficient (Wildman–Crippen LogP) is 1.02. The first kappa shape index (κ1) is 16.6. The number of carbonyl (C=O) groups excluding carboxylic acids is 1. The minimum Gasteiger partial charge on any atom is -0.477 e. The number of esters is 1. The monoisotopic (exact) mass is 321 g/mol. The van der Waals surface area contributed by atoms with Crippen LogP contribution in [-0.2, 0) is 19.6 Å². The van der Waals surface area contributed by atoms with Crippen LogP contribution in [0.5, 0.6) is 0 Å². The van der Waals surface area contributed by atoms with Gasteiger partial charge in [0.2, 0.25) is 10.0 Å². The number of ether oxygens (including phenoxy) is 1. The molecule has 0 amide bonds. The number of aromatic carboxylic acids is 1. The predicted molar refractivity (Wildman–Crippen MR) is 72.3 cm³/mol. The number of rotatable bonds is 7. The van der Waals surface area contributed by atoms with E-state index in [1.807, 2.05) is 0 Å². The summed E-state index contributed by atoms with van der Waals surface area (Å²) >= 11 is 0.820. The van der Waals surface area contributed by atoms with E-state index in [1.165, 1.54) is 11.4 Å². The SMILES string of the molecule is CCOC(=O)CN(CC)S(=O)(=O)c1ccsc1C(=O)O. The van der Waals surface area contributed by atoms with Gasteiger partial charge in [-0.1, -0.05) is 6.92 Å². The Morgan fingerprint density at radius 2 is 2.05 bits per heavy atom. The Labute approximate surface area is 120 Å². The van der Waals surface area contributed by atoms with Gasteiger partial charge in [-0.2, -0.15) is 4.31 Å². The fourth-order valence-electron chi connectivity index (χ4n) is 1.51. The Hall–Kier alpha value is -1.45. The van der Waals surface area contributed by atoms with Crippen LogP contribution >= 0.6 is 11.3 Å². The molecule has 0 atom stereocenters. The maximum Gasteiger partial charge on any atom is 0.347 e.